The second-order valence-electron chi connectivity index (χ2n) is 5.44. The number of aryl methyl sites for hydroxylation is 1. The molecular weight excluding hydrogens is 240 g/mol. The number of carbonyl (C=O) groups is 1. The van der Waals surface area contributed by atoms with Gasteiger partial charge in [0.15, 0.2) is 5.69 Å². The number of nitrogens with one attached hydrogen (secondary N) is 1. The third kappa shape index (κ3) is 1.51. The summed E-state index contributed by atoms with van der Waals surface area (Å²) < 4.78 is 1.79. The Bertz CT molecular complexity index is 663. The average molecular weight is 256 g/mol. The van der Waals surface area contributed by atoms with Gasteiger partial charge in [-0.1, -0.05) is 18.2 Å². The number of hydrogen-bond donors (Lipinski definition) is 1. The van der Waals surface area contributed by atoms with Gasteiger partial charge in [0.25, 0.3) is 5.91 Å². The minimum atomic E-state index is 0.0748. The topological polar surface area (TPSA) is 50.2 Å². The van der Waals surface area contributed by atoms with Crippen molar-refractivity contribution < 1.29 is 4.79 Å². The second kappa shape index (κ2) is 3.81. The first-order valence-electron chi connectivity index (χ1n) is 6.70. The molecule has 5 nitrogen and oxygen atoms in total. The summed E-state index contributed by atoms with van der Waals surface area (Å²) in [6.07, 6.45) is 1.08. The van der Waals surface area contributed by atoms with Crippen LogP contribution in [0.4, 0.5) is 0 Å². The second-order valence-corrected chi connectivity index (χ2v) is 5.44. The van der Waals surface area contributed by atoms with E-state index in [2.05, 4.69) is 10.4 Å². The van der Waals surface area contributed by atoms with Gasteiger partial charge < -0.3 is 10.2 Å². The van der Waals surface area contributed by atoms with Crippen LogP contribution in [0.5, 0.6) is 0 Å². The van der Waals surface area contributed by atoms with Crippen molar-refractivity contribution in [3.63, 3.8) is 0 Å². The normalized spacial score (nSPS) is 25.4. The smallest absolute Gasteiger partial charge is 0.275 e. The Hall–Kier alpha value is -1.88. The summed E-state index contributed by atoms with van der Waals surface area (Å²) in [7, 11) is 1.89. The third-order valence-electron chi connectivity index (χ3n) is 4.28. The molecule has 2 fully saturated rings. The molecule has 2 atom stereocenters. The minimum Gasteiger partial charge on any atom is -0.331 e. The molecule has 2 aliphatic heterocycles. The lowest BCUT2D eigenvalue weighted by Gasteiger charge is -2.26. The number of piperazine rings is 1. The molecule has 2 aromatic rings. The molecule has 98 valence electrons. The van der Waals surface area contributed by atoms with Crippen molar-refractivity contribution in [3.8, 4) is 0 Å². The van der Waals surface area contributed by atoms with Crippen LogP contribution in [0.1, 0.15) is 16.9 Å². The van der Waals surface area contributed by atoms with E-state index in [4.69, 9.17) is 0 Å². The van der Waals surface area contributed by atoms with Gasteiger partial charge in [0.2, 0.25) is 0 Å². The predicted octanol–water partition coefficient (Wildman–Crippen LogP) is 0.760. The summed E-state index contributed by atoms with van der Waals surface area (Å²) in [6.45, 7) is 1.73. The Morgan fingerprint density at radius 1 is 1.42 bits per heavy atom. The number of fused-ring (bicyclic) bond motifs is 3. The molecule has 1 aromatic heterocycles. The monoisotopic (exact) mass is 256 g/mol. The van der Waals surface area contributed by atoms with Crippen molar-refractivity contribution >= 4 is 16.8 Å². The zero-order chi connectivity index (χ0) is 13.0. The number of nitrogens with zero attached hydrogens (tertiary/aromatic N) is 3. The van der Waals surface area contributed by atoms with E-state index >= 15 is 0 Å². The van der Waals surface area contributed by atoms with Gasteiger partial charge in [0, 0.05) is 37.6 Å². The van der Waals surface area contributed by atoms with Crippen LogP contribution >= 0.6 is 0 Å². The van der Waals surface area contributed by atoms with Gasteiger partial charge in [-0.2, -0.15) is 5.10 Å². The van der Waals surface area contributed by atoms with Gasteiger partial charge in [0.1, 0.15) is 0 Å². The maximum absolute atomic E-state index is 12.7. The van der Waals surface area contributed by atoms with Crippen LogP contribution in [-0.4, -0.2) is 45.8 Å². The number of amides is 1. The molecule has 0 radical (unpaired) electrons. The van der Waals surface area contributed by atoms with Gasteiger partial charge in [0.05, 0.1) is 5.52 Å². The molecule has 2 bridgehead atoms. The van der Waals surface area contributed by atoms with Crippen molar-refractivity contribution in [2.24, 2.45) is 7.05 Å². The van der Waals surface area contributed by atoms with Crippen molar-refractivity contribution in [1.82, 2.24) is 20.0 Å². The quantitative estimate of drug-likeness (QED) is 0.819. The van der Waals surface area contributed by atoms with E-state index in [1.54, 1.807) is 4.68 Å². The van der Waals surface area contributed by atoms with E-state index in [9.17, 15) is 4.79 Å². The average Bonchev–Trinajstić information content (AvgIpc) is 3.13. The van der Waals surface area contributed by atoms with Crippen molar-refractivity contribution in [1.29, 1.82) is 0 Å². The number of para-hydroxylation sites is 1. The molecule has 1 aromatic carbocycles. The molecule has 2 aliphatic rings. The number of rotatable bonds is 1. The molecule has 0 aliphatic carbocycles. The fourth-order valence-corrected chi connectivity index (χ4v) is 3.32. The number of aromatic nitrogens is 2. The SMILES string of the molecule is Cn1nc(C(=O)N2CC3CC2CN3)c2ccccc21. The first-order chi connectivity index (χ1) is 9.24. The van der Waals surface area contributed by atoms with Crippen molar-refractivity contribution in [2.45, 2.75) is 18.5 Å². The Labute approximate surface area is 111 Å². The number of benzene rings is 1. The molecule has 1 N–H and O–H groups in total. The van der Waals surface area contributed by atoms with Gasteiger partial charge in [-0.05, 0) is 12.5 Å². The fourth-order valence-electron chi connectivity index (χ4n) is 3.32. The van der Waals surface area contributed by atoms with E-state index in [1.165, 1.54) is 0 Å². The minimum absolute atomic E-state index is 0.0748. The van der Waals surface area contributed by atoms with Crippen molar-refractivity contribution in [2.75, 3.05) is 13.1 Å². The number of hydrogen-bond acceptors (Lipinski definition) is 3. The Morgan fingerprint density at radius 3 is 3.00 bits per heavy atom. The lowest BCUT2D eigenvalue weighted by Crippen LogP contribution is -2.46. The van der Waals surface area contributed by atoms with Crippen LogP contribution in [0.3, 0.4) is 0 Å². The van der Waals surface area contributed by atoms with E-state index < -0.39 is 0 Å². The highest BCUT2D eigenvalue weighted by Gasteiger charge is 2.41. The van der Waals surface area contributed by atoms with Gasteiger partial charge in [-0.15, -0.1) is 0 Å². The molecule has 2 saturated heterocycles. The highest BCUT2D eigenvalue weighted by atomic mass is 16.2. The van der Waals surface area contributed by atoms with E-state index in [-0.39, 0.29) is 5.91 Å². The van der Waals surface area contributed by atoms with E-state index in [0.29, 0.717) is 17.8 Å². The Kier molecular flexibility index (Phi) is 2.20. The summed E-state index contributed by atoms with van der Waals surface area (Å²) in [5, 5.41) is 8.79. The first kappa shape index (κ1) is 11.0. The standard InChI is InChI=1S/C14H16N4O/c1-17-12-5-3-2-4-11(12)13(16-17)14(19)18-8-9-6-10(18)7-15-9/h2-5,9-10,15H,6-8H2,1H3. The summed E-state index contributed by atoms with van der Waals surface area (Å²) in [5.41, 5.74) is 1.60. The zero-order valence-corrected chi connectivity index (χ0v) is 10.8. The highest BCUT2D eigenvalue weighted by Crippen LogP contribution is 2.27. The summed E-state index contributed by atoms with van der Waals surface area (Å²) in [6, 6.07) is 8.72. The lowest BCUT2D eigenvalue weighted by molar-refractivity contribution is 0.0711. The molecule has 2 unspecified atom stereocenters. The van der Waals surface area contributed by atoms with Gasteiger partial charge >= 0.3 is 0 Å². The van der Waals surface area contributed by atoms with Crippen LogP contribution in [0.15, 0.2) is 24.3 Å². The highest BCUT2D eigenvalue weighted by molar-refractivity contribution is 6.05. The Morgan fingerprint density at radius 2 is 2.26 bits per heavy atom. The molecule has 0 spiro atoms. The maximum atomic E-state index is 12.7. The molecular formula is C14H16N4O. The fraction of sp³-hybridized carbons (Fsp3) is 0.429. The largest absolute Gasteiger partial charge is 0.331 e. The van der Waals surface area contributed by atoms with Crippen LogP contribution in [0, 0.1) is 0 Å². The molecule has 19 heavy (non-hydrogen) atoms. The number of carbonyl (C=O) groups excluding carboxylic acids is 1. The van der Waals surface area contributed by atoms with Gasteiger partial charge in [-0.3, -0.25) is 9.48 Å². The summed E-state index contributed by atoms with van der Waals surface area (Å²) in [4.78, 5) is 14.7. The van der Waals surface area contributed by atoms with Crippen LogP contribution in [0.2, 0.25) is 0 Å². The molecule has 4 rings (SSSR count). The van der Waals surface area contributed by atoms with Crippen molar-refractivity contribution in [3.05, 3.63) is 30.0 Å². The molecule has 3 heterocycles. The first-order valence-corrected chi connectivity index (χ1v) is 6.70. The van der Waals surface area contributed by atoms with Gasteiger partial charge in [-0.25, -0.2) is 0 Å². The molecule has 1 amide bonds. The van der Waals surface area contributed by atoms with Crippen LogP contribution in [-0.2, 0) is 7.05 Å². The summed E-state index contributed by atoms with van der Waals surface area (Å²) >= 11 is 0. The van der Waals surface area contributed by atoms with Crippen LogP contribution < -0.4 is 5.32 Å². The zero-order valence-electron chi connectivity index (χ0n) is 10.8. The predicted molar refractivity (Wildman–Crippen MR) is 71.9 cm³/mol. The molecule has 5 heteroatoms. The van der Waals surface area contributed by atoms with Crippen LogP contribution in [0.25, 0.3) is 10.9 Å². The number of likely N-dealkylation sites (tertiary alicyclic amines) is 1. The van der Waals surface area contributed by atoms with E-state index in [0.717, 1.165) is 30.4 Å². The third-order valence-corrected chi connectivity index (χ3v) is 4.28. The van der Waals surface area contributed by atoms with E-state index in [1.807, 2.05) is 36.2 Å². The Balaban J connectivity index is 1.76. The summed E-state index contributed by atoms with van der Waals surface area (Å²) in [5.74, 6) is 0.0748. The lowest BCUT2D eigenvalue weighted by atomic mass is 10.2. The maximum Gasteiger partial charge on any atom is 0.275 e. The molecule has 0 saturated carbocycles.